The Morgan fingerprint density at radius 3 is 2.04 bits per heavy atom. The monoisotopic (exact) mass is 783 g/mol. The van der Waals surface area contributed by atoms with Crippen molar-refractivity contribution in [3.63, 3.8) is 0 Å². The number of amides is 6. The first-order valence-electron chi connectivity index (χ1n) is 19.5. The number of hydrogen-bond acceptors (Lipinski definition) is 14. The van der Waals surface area contributed by atoms with Crippen molar-refractivity contribution in [2.24, 2.45) is 17.6 Å². The average molecular weight is 784 g/mol. The molecule has 9 atom stereocenters. The molecule has 4 aliphatic rings. The van der Waals surface area contributed by atoms with Crippen LogP contribution in [0.5, 0.6) is 0 Å². The third-order valence-electron chi connectivity index (χ3n) is 11.4. The lowest BCUT2D eigenvalue weighted by Crippen LogP contribution is -2.70. The SMILES string of the molecule is CCC1CCC(O)(C(C)(O)C(=O)NC(C(=O)N2NCCCC2C(=O)N(O)CC(=O)N2NCCCC2C(=O)N2NCCCC2C(N)=O)C(O)C(C)C)OC1CC. The number of carbonyl (C=O) groups excluding carboxylic acids is 6. The third-order valence-corrected chi connectivity index (χ3v) is 11.4. The Bertz CT molecular complexity index is 1420. The summed E-state index contributed by atoms with van der Waals surface area (Å²) in [7, 11) is 0. The molecular weight excluding hydrogens is 722 g/mol. The molecule has 6 amide bonds. The van der Waals surface area contributed by atoms with Crippen molar-refractivity contribution in [2.75, 3.05) is 26.2 Å². The minimum absolute atomic E-state index is 0.0295. The van der Waals surface area contributed by atoms with Gasteiger partial charge in [-0.2, -0.15) is 0 Å². The van der Waals surface area contributed by atoms with E-state index in [0.717, 1.165) is 28.4 Å². The Balaban J connectivity index is 1.49. The molecule has 312 valence electrons. The predicted molar refractivity (Wildman–Crippen MR) is 193 cm³/mol. The fraction of sp³-hybridized carbons (Fsp3) is 0.829. The van der Waals surface area contributed by atoms with Crippen molar-refractivity contribution in [3.05, 3.63) is 0 Å². The van der Waals surface area contributed by atoms with E-state index in [2.05, 4.69) is 21.6 Å². The average Bonchev–Trinajstić information content (AvgIpc) is 3.18. The summed E-state index contributed by atoms with van der Waals surface area (Å²) < 4.78 is 5.91. The number of hydrazine groups is 3. The number of carbonyl (C=O) groups is 6. The minimum atomic E-state index is -2.56. The maximum absolute atomic E-state index is 14.2. The van der Waals surface area contributed by atoms with E-state index in [-0.39, 0.29) is 36.8 Å². The highest BCUT2D eigenvalue weighted by Crippen LogP contribution is 2.40. The Labute approximate surface area is 321 Å². The molecule has 20 nitrogen and oxygen atoms in total. The highest BCUT2D eigenvalue weighted by atomic mass is 16.6. The van der Waals surface area contributed by atoms with Gasteiger partial charge in [0.05, 0.1) is 12.2 Å². The number of aliphatic hydroxyl groups is 3. The summed E-state index contributed by atoms with van der Waals surface area (Å²) in [6, 6.07) is -5.13. The third kappa shape index (κ3) is 9.55. The number of hydrogen-bond donors (Lipinski definition) is 9. The van der Waals surface area contributed by atoms with Gasteiger partial charge in [-0.1, -0.05) is 34.1 Å². The lowest BCUT2D eigenvalue weighted by Gasteiger charge is -2.47. The molecule has 4 rings (SSSR count). The summed E-state index contributed by atoms with van der Waals surface area (Å²) in [5.41, 5.74) is 11.5. The number of rotatable bonds is 13. The lowest BCUT2D eigenvalue weighted by atomic mass is 9.80. The molecule has 4 heterocycles. The van der Waals surface area contributed by atoms with Crippen LogP contribution in [-0.4, -0.2) is 150 Å². The minimum Gasteiger partial charge on any atom is -0.390 e. The zero-order valence-electron chi connectivity index (χ0n) is 32.5. The Morgan fingerprint density at radius 1 is 0.909 bits per heavy atom. The lowest BCUT2D eigenvalue weighted by molar-refractivity contribution is -0.328. The van der Waals surface area contributed by atoms with Crippen LogP contribution in [0, 0.1) is 11.8 Å². The van der Waals surface area contributed by atoms with Gasteiger partial charge >= 0.3 is 0 Å². The van der Waals surface area contributed by atoms with Crippen LogP contribution < -0.4 is 27.3 Å². The van der Waals surface area contributed by atoms with Crippen molar-refractivity contribution >= 4 is 35.4 Å². The fourth-order valence-corrected chi connectivity index (χ4v) is 7.78. The number of hydroxylamine groups is 2. The molecule has 0 aromatic heterocycles. The van der Waals surface area contributed by atoms with E-state index >= 15 is 0 Å². The second kappa shape index (κ2) is 18.6. The van der Waals surface area contributed by atoms with E-state index < -0.39 is 95.7 Å². The summed E-state index contributed by atoms with van der Waals surface area (Å²) in [5, 5.41) is 50.7. The molecule has 10 N–H and O–H groups in total. The highest BCUT2D eigenvalue weighted by Gasteiger charge is 2.57. The first-order valence-corrected chi connectivity index (χ1v) is 19.5. The topological polar surface area (TPSA) is 280 Å². The standard InChI is InChI=1S/C35H61N9O11/c1-6-21-14-15-35(53,55-25(21)7-2)34(5,52)33(51)40-27(28(46)20(3)4)32(50)44-23(12-9-18-39-44)30(48)41(54)19-26(45)42-24(13-10-16-37-42)31(49)43-22(29(36)47)11-8-17-38-43/h20-25,27-28,37-39,46,52-54H,6-19H2,1-5H3,(H2,36,47)(H,40,51). The fourth-order valence-electron chi connectivity index (χ4n) is 7.78. The molecule has 55 heavy (non-hydrogen) atoms. The number of nitrogens with zero attached hydrogens (tertiary/aromatic N) is 4. The van der Waals surface area contributed by atoms with Crippen LogP contribution in [0.15, 0.2) is 0 Å². The van der Waals surface area contributed by atoms with Crippen molar-refractivity contribution in [3.8, 4) is 0 Å². The number of ether oxygens (including phenoxy) is 1. The number of aliphatic hydroxyl groups excluding tert-OH is 1. The molecule has 0 radical (unpaired) electrons. The van der Waals surface area contributed by atoms with Gasteiger partial charge in [0.15, 0.2) is 5.60 Å². The number of nitrogens with one attached hydrogen (secondary N) is 4. The normalized spacial score (nSPS) is 29.9. The van der Waals surface area contributed by atoms with E-state index in [1.54, 1.807) is 13.8 Å². The molecule has 4 aliphatic heterocycles. The van der Waals surface area contributed by atoms with Gasteiger partial charge in [-0.15, -0.1) is 0 Å². The Morgan fingerprint density at radius 2 is 1.47 bits per heavy atom. The van der Waals surface area contributed by atoms with Gasteiger partial charge in [0.2, 0.25) is 11.7 Å². The maximum Gasteiger partial charge on any atom is 0.270 e. The second-order valence-electron chi connectivity index (χ2n) is 15.5. The molecule has 0 aromatic carbocycles. The molecule has 0 aliphatic carbocycles. The summed E-state index contributed by atoms with van der Waals surface area (Å²) in [6.07, 6.45) is 1.85. The zero-order chi connectivity index (χ0) is 40.8. The summed E-state index contributed by atoms with van der Waals surface area (Å²) in [4.78, 5) is 80.9. The van der Waals surface area contributed by atoms with Crippen molar-refractivity contribution in [1.29, 1.82) is 0 Å². The molecule has 4 fully saturated rings. The molecule has 4 saturated heterocycles. The van der Waals surface area contributed by atoms with Gasteiger partial charge < -0.3 is 31.1 Å². The van der Waals surface area contributed by atoms with E-state index in [1.807, 2.05) is 13.8 Å². The van der Waals surface area contributed by atoms with Crippen LogP contribution in [0.25, 0.3) is 0 Å². The molecule has 20 heteroatoms. The van der Waals surface area contributed by atoms with Crippen molar-refractivity contribution < 1.29 is 54.0 Å². The number of nitrogens with two attached hydrogens (primary N) is 1. The van der Waals surface area contributed by atoms with Gasteiger partial charge in [-0.05, 0) is 70.1 Å². The quantitative estimate of drug-likeness (QED) is 0.0704. The Kier molecular flexibility index (Phi) is 15.0. The number of primary amides is 1. The predicted octanol–water partition coefficient (Wildman–Crippen LogP) is -2.27. The zero-order valence-corrected chi connectivity index (χ0v) is 32.5. The van der Waals surface area contributed by atoms with Gasteiger partial charge in [0, 0.05) is 26.1 Å². The van der Waals surface area contributed by atoms with E-state index in [9.17, 15) is 49.3 Å². The van der Waals surface area contributed by atoms with Crippen molar-refractivity contribution in [2.45, 2.75) is 147 Å². The maximum atomic E-state index is 14.2. The highest BCUT2D eigenvalue weighted by molar-refractivity contribution is 5.96. The molecule has 0 aromatic rings. The first kappa shape index (κ1) is 44.2. The molecule has 0 saturated carbocycles. The van der Waals surface area contributed by atoms with Gasteiger partial charge in [0.1, 0.15) is 30.7 Å². The van der Waals surface area contributed by atoms with Crippen LogP contribution in [0.1, 0.15) is 98.8 Å². The van der Waals surface area contributed by atoms with Crippen LogP contribution in [0.4, 0.5) is 0 Å². The molecule has 0 bridgehead atoms. The van der Waals surface area contributed by atoms with Crippen LogP contribution in [0.3, 0.4) is 0 Å². The van der Waals surface area contributed by atoms with Crippen LogP contribution >= 0.6 is 0 Å². The molecule has 9 unspecified atom stereocenters. The smallest absolute Gasteiger partial charge is 0.270 e. The second-order valence-corrected chi connectivity index (χ2v) is 15.5. The first-order chi connectivity index (χ1) is 25.9. The largest absolute Gasteiger partial charge is 0.390 e. The van der Waals surface area contributed by atoms with Crippen LogP contribution in [-0.2, 0) is 33.5 Å². The van der Waals surface area contributed by atoms with Crippen LogP contribution in [0.2, 0.25) is 0 Å². The van der Waals surface area contributed by atoms with Gasteiger partial charge in [0.25, 0.3) is 29.5 Å². The van der Waals surface area contributed by atoms with Crippen molar-refractivity contribution in [1.82, 2.24) is 41.7 Å². The van der Waals surface area contributed by atoms with E-state index in [4.69, 9.17) is 10.5 Å². The Hall–Kier alpha value is -3.50. The van der Waals surface area contributed by atoms with Gasteiger partial charge in [-0.3, -0.25) is 49.0 Å². The molecular formula is C35H61N9O11. The summed E-state index contributed by atoms with van der Waals surface area (Å²) in [5.74, 6) is -8.15. The van der Waals surface area contributed by atoms with E-state index in [0.29, 0.717) is 51.6 Å². The van der Waals surface area contributed by atoms with E-state index in [1.165, 1.54) is 0 Å². The molecule has 0 spiro atoms. The summed E-state index contributed by atoms with van der Waals surface area (Å²) >= 11 is 0. The van der Waals surface area contributed by atoms with Gasteiger partial charge in [-0.25, -0.2) is 21.3 Å². The summed E-state index contributed by atoms with van der Waals surface area (Å²) in [6.45, 7) is 8.15.